The fourth-order valence-electron chi connectivity index (χ4n) is 2.53. The Labute approximate surface area is 161 Å². The molecule has 2 amide bonds. The molecule has 2 aromatic heterocycles. The summed E-state index contributed by atoms with van der Waals surface area (Å²) in [5, 5.41) is 4.83. The molecule has 0 aliphatic rings. The van der Waals surface area contributed by atoms with Gasteiger partial charge >= 0.3 is 5.91 Å². The first-order valence-electron chi connectivity index (χ1n) is 8.61. The number of carbonyl (C=O) groups is 2. The van der Waals surface area contributed by atoms with E-state index in [1.54, 1.807) is 24.3 Å². The molecule has 0 aliphatic heterocycles. The highest BCUT2D eigenvalue weighted by atomic mass is 32.1. The maximum absolute atomic E-state index is 12.2. The van der Waals surface area contributed by atoms with Gasteiger partial charge in [-0.3, -0.25) is 9.59 Å². The van der Waals surface area contributed by atoms with E-state index in [2.05, 4.69) is 10.3 Å². The van der Waals surface area contributed by atoms with Crippen LogP contribution >= 0.6 is 11.3 Å². The quantitative estimate of drug-likeness (QED) is 0.734. The van der Waals surface area contributed by atoms with E-state index in [-0.39, 0.29) is 17.7 Å². The Kier molecular flexibility index (Phi) is 5.71. The molecule has 0 fully saturated rings. The minimum absolute atomic E-state index is 0.0874. The van der Waals surface area contributed by atoms with Crippen LogP contribution in [-0.4, -0.2) is 22.4 Å². The fourth-order valence-corrected chi connectivity index (χ4v) is 3.40. The minimum Gasteiger partial charge on any atom is -0.459 e. The first-order chi connectivity index (χ1) is 12.9. The Balaban J connectivity index is 1.81. The van der Waals surface area contributed by atoms with Gasteiger partial charge in [-0.2, -0.15) is 4.99 Å². The average Bonchev–Trinajstić information content (AvgIpc) is 3.27. The zero-order chi connectivity index (χ0) is 19.4. The third kappa shape index (κ3) is 4.62. The van der Waals surface area contributed by atoms with Gasteiger partial charge in [0, 0.05) is 22.7 Å². The highest BCUT2D eigenvalue weighted by Crippen LogP contribution is 2.10. The van der Waals surface area contributed by atoms with E-state index in [9.17, 15) is 9.59 Å². The van der Waals surface area contributed by atoms with Crippen LogP contribution in [0.1, 0.15) is 46.0 Å². The van der Waals surface area contributed by atoms with Crippen molar-refractivity contribution in [2.45, 2.75) is 33.4 Å². The number of thiazole rings is 1. The second-order valence-electron chi connectivity index (χ2n) is 6.47. The molecule has 7 heteroatoms. The van der Waals surface area contributed by atoms with Crippen molar-refractivity contribution in [3.63, 3.8) is 0 Å². The first kappa shape index (κ1) is 18.8. The van der Waals surface area contributed by atoms with Gasteiger partial charge in [-0.05, 0) is 50.6 Å². The molecule has 27 heavy (non-hydrogen) atoms. The lowest BCUT2D eigenvalue weighted by atomic mass is 10.1. The van der Waals surface area contributed by atoms with Gasteiger partial charge in [0.15, 0.2) is 10.6 Å². The summed E-state index contributed by atoms with van der Waals surface area (Å²) in [6, 6.07) is 10.8. The fraction of sp³-hybridized carbons (Fsp3) is 0.250. The molecular weight excluding hydrogens is 362 g/mol. The number of rotatable bonds is 5. The van der Waals surface area contributed by atoms with Crippen LogP contribution in [0.2, 0.25) is 0 Å². The first-order valence-corrected chi connectivity index (χ1v) is 9.49. The summed E-state index contributed by atoms with van der Waals surface area (Å²) in [5.74, 6) is -0.278. The molecule has 0 unspecified atom stereocenters. The molecule has 140 valence electrons. The standard InChI is InChI=1S/C20H21N3O3S/c1-13(2)21-18(24)16-8-6-15(7-9-16)11-23-14(3)12-27-20(23)22-19(25)17-5-4-10-26-17/h4-10,12-13H,11H2,1-3H3,(H,21,24). The van der Waals surface area contributed by atoms with Gasteiger partial charge in [-0.15, -0.1) is 11.3 Å². The summed E-state index contributed by atoms with van der Waals surface area (Å²) < 4.78 is 7.08. The zero-order valence-electron chi connectivity index (χ0n) is 15.4. The van der Waals surface area contributed by atoms with E-state index in [1.807, 2.05) is 42.9 Å². The molecule has 6 nitrogen and oxygen atoms in total. The predicted molar refractivity (Wildman–Crippen MR) is 104 cm³/mol. The Morgan fingerprint density at radius 1 is 1.22 bits per heavy atom. The molecule has 0 atom stereocenters. The Bertz CT molecular complexity index is 996. The van der Waals surface area contributed by atoms with Crippen LogP contribution in [0.3, 0.4) is 0 Å². The molecule has 1 N–H and O–H groups in total. The number of hydrogen-bond acceptors (Lipinski definition) is 4. The van der Waals surface area contributed by atoms with Crippen molar-refractivity contribution in [2.75, 3.05) is 0 Å². The SMILES string of the molecule is Cc1csc(=NC(=O)c2ccco2)n1Cc1ccc(C(=O)NC(C)C)cc1. The van der Waals surface area contributed by atoms with Crippen LogP contribution in [0.4, 0.5) is 0 Å². The lowest BCUT2D eigenvalue weighted by Gasteiger charge is -2.10. The van der Waals surface area contributed by atoms with Gasteiger partial charge in [-0.25, -0.2) is 0 Å². The number of hydrogen-bond donors (Lipinski definition) is 1. The summed E-state index contributed by atoms with van der Waals surface area (Å²) in [4.78, 5) is 29.0. The molecule has 3 aromatic rings. The van der Waals surface area contributed by atoms with Crippen molar-refractivity contribution in [2.24, 2.45) is 4.99 Å². The van der Waals surface area contributed by atoms with Gasteiger partial charge in [0.2, 0.25) is 0 Å². The molecule has 3 rings (SSSR count). The molecule has 0 spiro atoms. The van der Waals surface area contributed by atoms with Crippen molar-refractivity contribution < 1.29 is 14.0 Å². The van der Waals surface area contributed by atoms with Gasteiger partial charge in [0.1, 0.15) is 0 Å². The molecule has 0 bridgehead atoms. The van der Waals surface area contributed by atoms with Crippen LogP contribution < -0.4 is 10.1 Å². The van der Waals surface area contributed by atoms with Gasteiger partial charge in [0.25, 0.3) is 5.91 Å². The molecule has 0 aliphatic carbocycles. The van der Waals surface area contributed by atoms with Crippen LogP contribution in [-0.2, 0) is 6.54 Å². The summed E-state index contributed by atoms with van der Waals surface area (Å²) in [6.45, 7) is 6.39. The Hall–Kier alpha value is -2.93. The molecular formula is C20H21N3O3S. The third-order valence-corrected chi connectivity index (χ3v) is 4.88. The van der Waals surface area contributed by atoms with E-state index < -0.39 is 5.91 Å². The average molecular weight is 383 g/mol. The van der Waals surface area contributed by atoms with Gasteiger partial charge < -0.3 is 14.3 Å². The lowest BCUT2D eigenvalue weighted by Crippen LogP contribution is -2.30. The summed E-state index contributed by atoms with van der Waals surface area (Å²) >= 11 is 1.41. The second kappa shape index (κ2) is 8.18. The zero-order valence-corrected chi connectivity index (χ0v) is 16.2. The van der Waals surface area contributed by atoms with E-state index in [4.69, 9.17) is 4.42 Å². The normalized spacial score (nSPS) is 11.8. The van der Waals surface area contributed by atoms with E-state index >= 15 is 0 Å². The number of nitrogens with one attached hydrogen (secondary N) is 1. The van der Waals surface area contributed by atoms with Gasteiger partial charge in [0.05, 0.1) is 12.8 Å². The van der Waals surface area contributed by atoms with Crippen LogP contribution in [0.5, 0.6) is 0 Å². The molecule has 0 saturated carbocycles. The monoisotopic (exact) mass is 383 g/mol. The molecule has 0 radical (unpaired) electrons. The lowest BCUT2D eigenvalue weighted by molar-refractivity contribution is 0.0941. The smallest absolute Gasteiger partial charge is 0.315 e. The number of furan rings is 1. The number of carbonyl (C=O) groups excluding carboxylic acids is 2. The molecule has 0 saturated heterocycles. The highest BCUT2D eigenvalue weighted by molar-refractivity contribution is 7.07. The predicted octanol–water partition coefficient (Wildman–Crippen LogP) is 3.38. The summed E-state index contributed by atoms with van der Waals surface area (Å²) in [7, 11) is 0. The van der Waals surface area contributed by atoms with Crippen LogP contribution in [0.15, 0.2) is 57.5 Å². The van der Waals surface area contributed by atoms with Crippen LogP contribution in [0, 0.1) is 6.92 Å². The highest BCUT2D eigenvalue weighted by Gasteiger charge is 2.10. The molecule has 2 heterocycles. The van der Waals surface area contributed by atoms with Crippen molar-refractivity contribution >= 4 is 23.2 Å². The third-order valence-electron chi connectivity index (χ3n) is 3.90. The maximum atomic E-state index is 12.2. The van der Waals surface area contributed by atoms with Crippen LogP contribution in [0.25, 0.3) is 0 Å². The van der Waals surface area contributed by atoms with Crippen molar-refractivity contribution in [3.05, 3.63) is 75.4 Å². The Morgan fingerprint density at radius 2 is 1.96 bits per heavy atom. The van der Waals surface area contributed by atoms with E-state index in [0.29, 0.717) is 16.9 Å². The summed E-state index contributed by atoms with van der Waals surface area (Å²) in [6.07, 6.45) is 1.45. The second-order valence-corrected chi connectivity index (χ2v) is 7.30. The topological polar surface area (TPSA) is 76.6 Å². The maximum Gasteiger partial charge on any atom is 0.315 e. The number of amides is 2. The largest absolute Gasteiger partial charge is 0.459 e. The van der Waals surface area contributed by atoms with Crippen molar-refractivity contribution in [1.29, 1.82) is 0 Å². The number of benzene rings is 1. The minimum atomic E-state index is -0.406. The van der Waals surface area contributed by atoms with E-state index in [1.165, 1.54) is 17.6 Å². The van der Waals surface area contributed by atoms with Crippen molar-refractivity contribution in [1.82, 2.24) is 9.88 Å². The molecule has 1 aromatic carbocycles. The Morgan fingerprint density at radius 3 is 2.59 bits per heavy atom. The summed E-state index contributed by atoms with van der Waals surface area (Å²) in [5.41, 5.74) is 2.65. The number of aryl methyl sites for hydroxylation is 1. The van der Waals surface area contributed by atoms with Gasteiger partial charge in [-0.1, -0.05) is 12.1 Å². The van der Waals surface area contributed by atoms with E-state index in [0.717, 1.165) is 11.3 Å². The number of aromatic nitrogens is 1. The van der Waals surface area contributed by atoms with Crippen molar-refractivity contribution in [3.8, 4) is 0 Å². The number of nitrogens with zero attached hydrogens (tertiary/aromatic N) is 2.